The van der Waals surface area contributed by atoms with Gasteiger partial charge in [0, 0.05) is 25.2 Å². The SMILES string of the molecule is CC(C)CCOCCOCCOC1CN(C(C)(C)C)C1. The summed E-state index contributed by atoms with van der Waals surface area (Å²) in [7, 11) is 0. The second-order valence-electron chi connectivity index (χ2n) is 6.98. The van der Waals surface area contributed by atoms with E-state index < -0.39 is 0 Å². The van der Waals surface area contributed by atoms with Gasteiger partial charge in [0.25, 0.3) is 0 Å². The molecule has 0 radical (unpaired) electrons. The second-order valence-corrected chi connectivity index (χ2v) is 6.98. The zero-order valence-electron chi connectivity index (χ0n) is 14.0. The summed E-state index contributed by atoms with van der Waals surface area (Å²) in [5, 5.41) is 0. The number of hydrogen-bond donors (Lipinski definition) is 0. The molecule has 1 rings (SSSR count). The molecule has 1 saturated heterocycles. The molecule has 0 aromatic heterocycles. The number of rotatable bonds is 10. The highest BCUT2D eigenvalue weighted by atomic mass is 16.5. The first-order chi connectivity index (χ1) is 9.39. The topological polar surface area (TPSA) is 30.9 Å². The van der Waals surface area contributed by atoms with Crippen molar-refractivity contribution in [2.24, 2.45) is 5.92 Å². The quantitative estimate of drug-likeness (QED) is 0.578. The summed E-state index contributed by atoms with van der Waals surface area (Å²) in [4.78, 5) is 2.43. The van der Waals surface area contributed by atoms with Crippen molar-refractivity contribution >= 4 is 0 Å². The summed E-state index contributed by atoms with van der Waals surface area (Å²) in [6.45, 7) is 16.8. The summed E-state index contributed by atoms with van der Waals surface area (Å²) >= 11 is 0. The van der Waals surface area contributed by atoms with Crippen LogP contribution in [0.2, 0.25) is 0 Å². The molecular weight excluding hydrogens is 254 g/mol. The van der Waals surface area contributed by atoms with Crippen molar-refractivity contribution in [3.8, 4) is 0 Å². The molecule has 0 saturated carbocycles. The first-order valence-corrected chi connectivity index (χ1v) is 7.91. The van der Waals surface area contributed by atoms with Crippen LogP contribution in [0.4, 0.5) is 0 Å². The largest absolute Gasteiger partial charge is 0.379 e. The van der Waals surface area contributed by atoms with Gasteiger partial charge in [-0.1, -0.05) is 13.8 Å². The van der Waals surface area contributed by atoms with Crippen molar-refractivity contribution < 1.29 is 14.2 Å². The lowest BCUT2D eigenvalue weighted by atomic mass is 9.99. The second kappa shape index (κ2) is 8.98. The minimum absolute atomic E-state index is 0.268. The van der Waals surface area contributed by atoms with Gasteiger partial charge in [0.15, 0.2) is 0 Å². The van der Waals surface area contributed by atoms with Crippen molar-refractivity contribution in [2.75, 3.05) is 46.1 Å². The fourth-order valence-electron chi connectivity index (χ4n) is 2.01. The van der Waals surface area contributed by atoms with E-state index in [-0.39, 0.29) is 5.54 Å². The molecule has 0 aliphatic carbocycles. The molecule has 0 amide bonds. The van der Waals surface area contributed by atoms with Gasteiger partial charge >= 0.3 is 0 Å². The van der Waals surface area contributed by atoms with Crippen LogP contribution in [0, 0.1) is 5.92 Å². The summed E-state index contributed by atoms with van der Waals surface area (Å²) in [5.74, 6) is 0.708. The van der Waals surface area contributed by atoms with Gasteiger partial charge in [-0.2, -0.15) is 0 Å². The first-order valence-electron chi connectivity index (χ1n) is 7.91. The van der Waals surface area contributed by atoms with E-state index in [0.29, 0.717) is 38.4 Å². The van der Waals surface area contributed by atoms with Crippen molar-refractivity contribution in [3.05, 3.63) is 0 Å². The maximum Gasteiger partial charge on any atom is 0.0830 e. The highest BCUT2D eigenvalue weighted by Crippen LogP contribution is 2.22. The van der Waals surface area contributed by atoms with Crippen LogP contribution in [0.15, 0.2) is 0 Å². The molecule has 0 N–H and O–H groups in total. The Morgan fingerprint density at radius 1 is 0.950 bits per heavy atom. The molecule has 1 fully saturated rings. The third-order valence-electron chi connectivity index (χ3n) is 3.59. The van der Waals surface area contributed by atoms with Gasteiger partial charge in [-0.25, -0.2) is 0 Å². The van der Waals surface area contributed by atoms with Crippen molar-refractivity contribution in [1.82, 2.24) is 4.90 Å². The van der Waals surface area contributed by atoms with Crippen LogP contribution in [-0.2, 0) is 14.2 Å². The number of hydrogen-bond acceptors (Lipinski definition) is 4. The molecule has 1 aliphatic rings. The third kappa shape index (κ3) is 7.58. The van der Waals surface area contributed by atoms with Crippen LogP contribution >= 0.6 is 0 Å². The normalized spacial score (nSPS) is 17.7. The molecule has 0 spiro atoms. The molecular formula is C16H33NO3. The first kappa shape index (κ1) is 17.9. The number of ether oxygens (including phenoxy) is 3. The Hall–Kier alpha value is -0.160. The van der Waals surface area contributed by atoms with E-state index in [1.165, 1.54) is 0 Å². The Kier molecular flexibility index (Phi) is 8.03. The monoisotopic (exact) mass is 287 g/mol. The number of nitrogens with zero attached hydrogens (tertiary/aromatic N) is 1. The van der Waals surface area contributed by atoms with Gasteiger partial charge < -0.3 is 14.2 Å². The zero-order chi connectivity index (χ0) is 15.0. The Balaban J connectivity index is 1.80. The van der Waals surface area contributed by atoms with Gasteiger partial charge in [-0.3, -0.25) is 4.90 Å². The third-order valence-corrected chi connectivity index (χ3v) is 3.59. The Morgan fingerprint density at radius 2 is 1.50 bits per heavy atom. The maximum atomic E-state index is 5.76. The predicted octanol–water partition coefficient (Wildman–Crippen LogP) is 2.57. The summed E-state index contributed by atoms with van der Waals surface area (Å²) in [5.41, 5.74) is 0.268. The van der Waals surface area contributed by atoms with Gasteiger partial charge in [0.05, 0.1) is 32.5 Å². The fourth-order valence-corrected chi connectivity index (χ4v) is 2.01. The average molecular weight is 287 g/mol. The lowest BCUT2D eigenvalue weighted by Gasteiger charge is -2.47. The molecule has 120 valence electrons. The average Bonchev–Trinajstić information content (AvgIpc) is 2.26. The molecule has 4 heteroatoms. The van der Waals surface area contributed by atoms with Crippen LogP contribution in [0.25, 0.3) is 0 Å². The van der Waals surface area contributed by atoms with E-state index in [2.05, 4.69) is 39.5 Å². The van der Waals surface area contributed by atoms with Crippen LogP contribution in [0.5, 0.6) is 0 Å². The van der Waals surface area contributed by atoms with Crippen LogP contribution in [-0.4, -0.2) is 62.7 Å². The van der Waals surface area contributed by atoms with Crippen LogP contribution in [0.1, 0.15) is 41.0 Å². The summed E-state index contributed by atoms with van der Waals surface area (Å²) < 4.78 is 16.7. The minimum atomic E-state index is 0.268. The van der Waals surface area contributed by atoms with Crippen molar-refractivity contribution in [3.63, 3.8) is 0 Å². The molecule has 20 heavy (non-hydrogen) atoms. The highest BCUT2D eigenvalue weighted by Gasteiger charge is 2.34. The Bertz CT molecular complexity index is 245. The molecule has 0 aromatic carbocycles. The predicted molar refractivity (Wildman–Crippen MR) is 82.2 cm³/mol. The van der Waals surface area contributed by atoms with Gasteiger partial charge in [-0.15, -0.1) is 0 Å². The summed E-state index contributed by atoms with van der Waals surface area (Å²) in [6.07, 6.45) is 1.51. The lowest BCUT2D eigenvalue weighted by molar-refractivity contribution is -0.101. The maximum absolute atomic E-state index is 5.76. The molecule has 1 heterocycles. The van der Waals surface area contributed by atoms with Crippen molar-refractivity contribution in [1.29, 1.82) is 0 Å². The molecule has 0 aromatic rings. The molecule has 0 bridgehead atoms. The van der Waals surface area contributed by atoms with Crippen LogP contribution < -0.4 is 0 Å². The van der Waals surface area contributed by atoms with E-state index in [4.69, 9.17) is 14.2 Å². The molecule has 0 atom stereocenters. The van der Waals surface area contributed by atoms with Gasteiger partial charge in [0.2, 0.25) is 0 Å². The summed E-state index contributed by atoms with van der Waals surface area (Å²) in [6, 6.07) is 0. The minimum Gasteiger partial charge on any atom is -0.379 e. The van der Waals surface area contributed by atoms with Crippen molar-refractivity contribution in [2.45, 2.75) is 52.7 Å². The lowest BCUT2D eigenvalue weighted by Crippen LogP contribution is -2.59. The fraction of sp³-hybridized carbons (Fsp3) is 1.00. The van der Waals surface area contributed by atoms with E-state index in [1.807, 2.05) is 0 Å². The van der Waals surface area contributed by atoms with E-state index in [0.717, 1.165) is 26.1 Å². The van der Waals surface area contributed by atoms with Gasteiger partial charge in [-0.05, 0) is 33.1 Å². The molecule has 4 nitrogen and oxygen atoms in total. The van der Waals surface area contributed by atoms with E-state index in [1.54, 1.807) is 0 Å². The Morgan fingerprint density at radius 3 is 2.05 bits per heavy atom. The van der Waals surface area contributed by atoms with E-state index >= 15 is 0 Å². The standard InChI is InChI=1S/C16H33NO3/c1-14(2)6-7-18-8-9-19-10-11-20-15-12-17(13-15)16(3,4)5/h14-15H,6-13H2,1-5H3. The number of likely N-dealkylation sites (tertiary alicyclic amines) is 1. The van der Waals surface area contributed by atoms with Crippen LogP contribution in [0.3, 0.4) is 0 Å². The Labute approximate surface area is 124 Å². The van der Waals surface area contributed by atoms with E-state index in [9.17, 15) is 0 Å². The van der Waals surface area contributed by atoms with Gasteiger partial charge in [0.1, 0.15) is 0 Å². The highest BCUT2D eigenvalue weighted by molar-refractivity contribution is 4.89. The smallest absolute Gasteiger partial charge is 0.0830 e. The molecule has 0 unspecified atom stereocenters. The molecule has 1 aliphatic heterocycles. The zero-order valence-corrected chi connectivity index (χ0v) is 14.0.